The third-order valence-corrected chi connectivity index (χ3v) is 11.5. The van der Waals surface area contributed by atoms with Crippen molar-refractivity contribution >= 4 is 21.7 Å². The number of aliphatic hydroxyl groups is 2. The number of nitrogens with zero attached hydrogens (tertiary/aromatic N) is 2. The molecule has 43 heavy (non-hydrogen) atoms. The summed E-state index contributed by atoms with van der Waals surface area (Å²) in [6, 6.07) is 8.06. The van der Waals surface area contributed by atoms with E-state index in [0.29, 0.717) is 12.2 Å². The second kappa shape index (κ2) is 14.3. The normalized spacial score (nSPS) is 19.3. The molecule has 2 aliphatic rings. The summed E-state index contributed by atoms with van der Waals surface area (Å²) in [6.07, 6.45) is 7.98. The molecule has 1 aromatic carbocycles. The smallest absolute Gasteiger partial charge is 0.251 e. The maximum Gasteiger partial charge on any atom is 0.251 e. The molecule has 2 saturated carbocycles. The van der Waals surface area contributed by atoms with Crippen LogP contribution in [-0.2, 0) is 25.8 Å². The van der Waals surface area contributed by atoms with E-state index in [2.05, 4.69) is 15.3 Å². The summed E-state index contributed by atoms with van der Waals surface area (Å²) in [4.78, 5) is 36.8. The minimum absolute atomic E-state index is 0.0354. The minimum atomic E-state index is -3.67. The number of carbonyl (C=O) groups excluding carboxylic acids is 2. The Labute approximate surface area is 255 Å². The molecule has 0 spiro atoms. The molecule has 2 aliphatic carbocycles. The van der Waals surface area contributed by atoms with E-state index in [1.165, 1.54) is 12.5 Å². The van der Waals surface area contributed by atoms with Gasteiger partial charge in [0.1, 0.15) is 6.04 Å². The topological polar surface area (TPSA) is 153 Å². The number of aliphatic hydroxyl groups excluding tert-OH is 2. The Morgan fingerprint density at radius 3 is 2.33 bits per heavy atom. The van der Waals surface area contributed by atoms with Gasteiger partial charge in [0.15, 0.2) is 9.84 Å². The van der Waals surface area contributed by atoms with Crippen molar-refractivity contribution in [2.45, 2.75) is 95.1 Å². The van der Waals surface area contributed by atoms with Gasteiger partial charge in [0, 0.05) is 13.1 Å². The average Bonchev–Trinajstić information content (AvgIpc) is 3.68. The van der Waals surface area contributed by atoms with Gasteiger partial charge in [-0.15, -0.1) is 0 Å². The van der Waals surface area contributed by atoms with Crippen molar-refractivity contribution in [3.63, 3.8) is 0 Å². The van der Waals surface area contributed by atoms with E-state index in [9.17, 15) is 28.2 Å². The highest BCUT2D eigenvalue weighted by Gasteiger charge is 2.39. The molecule has 0 aliphatic heterocycles. The maximum absolute atomic E-state index is 14.3. The molecule has 1 heterocycles. The summed E-state index contributed by atoms with van der Waals surface area (Å²) < 4.78 is 25.5. The first-order valence-corrected chi connectivity index (χ1v) is 17.2. The zero-order valence-electron chi connectivity index (χ0n) is 25.6. The van der Waals surface area contributed by atoms with Crippen LogP contribution in [0.25, 0.3) is 0 Å². The van der Waals surface area contributed by atoms with Gasteiger partial charge in [0.2, 0.25) is 5.91 Å². The van der Waals surface area contributed by atoms with Gasteiger partial charge in [-0.05, 0) is 70.3 Å². The van der Waals surface area contributed by atoms with Crippen molar-refractivity contribution in [1.29, 1.82) is 0 Å². The van der Waals surface area contributed by atoms with E-state index < -0.39 is 50.6 Å². The van der Waals surface area contributed by atoms with Crippen LogP contribution < -0.4 is 5.32 Å². The van der Waals surface area contributed by atoms with Gasteiger partial charge < -0.3 is 25.4 Å². The fourth-order valence-electron chi connectivity index (χ4n) is 5.80. The lowest BCUT2D eigenvalue weighted by Gasteiger charge is -2.35. The van der Waals surface area contributed by atoms with E-state index in [-0.39, 0.29) is 30.6 Å². The van der Waals surface area contributed by atoms with Gasteiger partial charge in [-0.2, -0.15) is 0 Å². The third kappa shape index (κ3) is 9.12. The molecule has 11 heteroatoms. The lowest BCUT2D eigenvalue weighted by Crippen LogP contribution is -2.51. The Kier molecular flexibility index (Phi) is 11.1. The van der Waals surface area contributed by atoms with Crippen LogP contribution in [0.15, 0.2) is 42.9 Å². The second-order valence-electron chi connectivity index (χ2n) is 13.4. The quantitative estimate of drug-likeness (QED) is 0.254. The third-order valence-electron chi connectivity index (χ3n) is 8.83. The molecule has 0 unspecified atom stereocenters. The Bertz CT molecular complexity index is 1280. The number of rotatable bonds is 14. The number of hydrogen-bond acceptors (Lipinski definition) is 7. The van der Waals surface area contributed by atoms with Crippen molar-refractivity contribution in [3.8, 4) is 0 Å². The molecule has 10 nitrogen and oxygen atoms in total. The molecule has 0 bridgehead atoms. The average molecular weight is 617 g/mol. The molecular formula is C32H48N4O6S. The summed E-state index contributed by atoms with van der Waals surface area (Å²) in [5.74, 6) is -2.02. The Morgan fingerprint density at radius 1 is 1.07 bits per heavy atom. The van der Waals surface area contributed by atoms with Crippen LogP contribution in [0, 0.1) is 17.8 Å². The second-order valence-corrected chi connectivity index (χ2v) is 16.2. The lowest BCUT2D eigenvalue weighted by atomic mass is 9.88. The zero-order valence-corrected chi connectivity index (χ0v) is 26.4. The van der Waals surface area contributed by atoms with E-state index in [0.717, 1.165) is 50.5 Å². The molecule has 4 N–H and O–H groups in total. The van der Waals surface area contributed by atoms with Crippen molar-refractivity contribution < 1.29 is 28.2 Å². The van der Waals surface area contributed by atoms with Crippen molar-refractivity contribution in [1.82, 2.24) is 20.2 Å². The SMILES string of the molecule is CC(C)(C)S(=O)(=O)C[C@@H](Cc1ccccc1)C(=O)N[C@H](C(=O)N(CC1CCCCC1)C[C@H](O)[C@@H](O)C1CC1)c1cnc[nH]1. The summed E-state index contributed by atoms with van der Waals surface area (Å²) in [5.41, 5.74) is 1.17. The molecule has 0 saturated heterocycles. The van der Waals surface area contributed by atoms with E-state index in [1.54, 1.807) is 25.7 Å². The van der Waals surface area contributed by atoms with Gasteiger partial charge in [-0.1, -0.05) is 49.6 Å². The highest BCUT2D eigenvalue weighted by atomic mass is 32.2. The largest absolute Gasteiger partial charge is 0.390 e. The van der Waals surface area contributed by atoms with E-state index >= 15 is 0 Å². The standard InChI is InChI=1S/C32H48N4O6S/c1-32(2,3)43(41,42)20-25(16-22-10-6-4-7-11-22)30(39)35-28(26-17-33-21-34-26)31(40)36(18-23-12-8-5-9-13-23)19-27(37)29(38)24-14-15-24/h4,6-7,10-11,17,21,23-25,27-29,37-38H,5,8-9,12-16,18-20H2,1-3H3,(H,33,34)(H,35,39)/t25-,27+,28+,29+/m1/s1. The van der Waals surface area contributed by atoms with Crippen LogP contribution in [-0.4, -0.2) is 81.1 Å². The number of sulfone groups is 1. The minimum Gasteiger partial charge on any atom is -0.390 e. The Balaban J connectivity index is 1.60. The number of aromatic nitrogens is 2. The Hall–Kier alpha value is -2.76. The molecular weight excluding hydrogens is 568 g/mol. The number of benzene rings is 1. The predicted molar refractivity (Wildman–Crippen MR) is 165 cm³/mol. The molecule has 4 rings (SSSR count). The lowest BCUT2D eigenvalue weighted by molar-refractivity contribution is -0.140. The number of imidazole rings is 1. The predicted octanol–water partition coefficient (Wildman–Crippen LogP) is 3.18. The molecule has 238 valence electrons. The number of H-pyrrole nitrogens is 1. The molecule has 0 radical (unpaired) electrons. The first-order valence-electron chi connectivity index (χ1n) is 15.6. The molecule has 1 aromatic heterocycles. The van der Waals surface area contributed by atoms with E-state index in [4.69, 9.17) is 0 Å². The first-order chi connectivity index (χ1) is 20.4. The number of aromatic amines is 1. The number of amides is 2. The monoisotopic (exact) mass is 616 g/mol. The Morgan fingerprint density at radius 2 is 1.74 bits per heavy atom. The van der Waals surface area contributed by atoms with Gasteiger partial charge in [-0.3, -0.25) is 9.59 Å². The summed E-state index contributed by atoms with van der Waals surface area (Å²) in [5, 5.41) is 24.4. The summed E-state index contributed by atoms with van der Waals surface area (Å²) in [7, 11) is -3.67. The van der Waals surface area contributed by atoms with Crippen LogP contribution in [0.5, 0.6) is 0 Å². The van der Waals surface area contributed by atoms with Gasteiger partial charge in [-0.25, -0.2) is 13.4 Å². The van der Waals surface area contributed by atoms with Crippen LogP contribution in [0.3, 0.4) is 0 Å². The summed E-state index contributed by atoms with van der Waals surface area (Å²) >= 11 is 0. The fourth-order valence-corrected chi connectivity index (χ4v) is 7.10. The van der Waals surface area contributed by atoms with Crippen molar-refractivity contribution in [2.75, 3.05) is 18.8 Å². The highest BCUT2D eigenvalue weighted by molar-refractivity contribution is 7.92. The maximum atomic E-state index is 14.3. The van der Waals surface area contributed by atoms with Crippen LogP contribution in [0.2, 0.25) is 0 Å². The van der Waals surface area contributed by atoms with Crippen LogP contribution in [0.4, 0.5) is 0 Å². The van der Waals surface area contributed by atoms with Crippen LogP contribution in [0.1, 0.15) is 83.0 Å². The summed E-state index contributed by atoms with van der Waals surface area (Å²) in [6.45, 7) is 5.18. The van der Waals surface area contributed by atoms with Gasteiger partial charge >= 0.3 is 0 Å². The molecule has 4 atom stereocenters. The van der Waals surface area contributed by atoms with Crippen molar-refractivity contribution in [3.05, 3.63) is 54.1 Å². The number of hydrogen-bond donors (Lipinski definition) is 4. The molecule has 2 amide bonds. The molecule has 2 fully saturated rings. The zero-order chi connectivity index (χ0) is 31.2. The van der Waals surface area contributed by atoms with E-state index in [1.807, 2.05) is 30.3 Å². The highest BCUT2D eigenvalue weighted by Crippen LogP contribution is 2.34. The number of carbonyl (C=O) groups is 2. The first kappa shape index (κ1) is 33.1. The van der Waals surface area contributed by atoms with Crippen LogP contribution >= 0.6 is 0 Å². The van der Waals surface area contributed by atoms with Gasteiger partial charge in [0.25, 0.3) is 5.91 Å². The number of nitrogens with one attached hydrogen (secondary N) is 2. The molecule has 2 aromatic rings. The van der Waals surface area contributed by atoms with Gasteiger partial charge in [0.05, 0.1) is 46.8 Å². The fraction of sp³-hybridized carbons (Fsp3) is 0.656. The van der Waals surface area contributed by atoms with Crippen molar-refractivity contribution in [2.24, 2.45) is 17.8 Å².